The highest BCUT2D eigenvalue weighted by Gasteiger charge is 2.20. The molecule has 0 unspecified atom stereocenters. The smallest absolute Gasteiger partial charge is 0.271 e. The maximum absolute atomic E-state index is 13.3. The van der Waals surface area contributed by atoms with E-state index in [0.717, 1.165) is 16.9 Å². The Bertz CT molecular complexity index is 1190. The van der Waals surface area contributed by atoms with E-state index in [4.69, 9.17) is 4.74 Å². The van der Waals surface area contributed by atoms with Crippen LogP contribution in [0.4, 0.5) is 4.39 Å². The number of rotatable bonds is 7. The number of hydrogen-bond acceptors (Lipinski definition) is 4. The summed E-state index contributed by atoms with van der Waals surface area (Å²) in [6, 6.07) is 14.1. The third-order valence-corrected chi connectivity index (χ3v) is 5.36. The quantitative estimate of drug-likeness (QED) is 0.465. The van der Waals surface area contributed by atoms with E-state index in [1.165, 1.54) is 19.1 Å². The van der Waals surface area contributed by atoms with E-state index in [0.29, 0.717) is 17.0 Å². The molecule has 0 aliphatic heterocycles. The Morgan fingerprint density at radius 2 is 1.65 bits per heavy atom. The van der Waals surface area contributed by atoms with Gasteiger partial charge in [0.2, 0.25) is 11.8 Å². The van der Waals surface area contributed by atoms with Crippen molar-refractivity contribution in [3.8, 4) is 11.4 Å². The number of nitrogens with zero attached hydrogens (tertiary/aromatic N) is 1. The summed E-state index contributed by atoms with van der Waals surface area (Å²) < 4.78 is 20.2. The van der Waals surface area contributed by atoms with Crippen LogP contribution in [0.15, 0.2) is 54.6 Å². The zero-order valence-corrected chi connectivity index (χ0v) is 19.4. The minimum absolute atomic E-state index is 0.0825. The number of ether oxygens (including phenoxy) is 1. The predicted molar refractivity (Wildman–Crippen MR) is 125 cm³/mol. The molecule has 3 rings (SSSR count). The summed E-state index contributed by atoms with van der Waals surface area (Å²) in [7, 11) is 1.55. The molecule has 0 spiro atoms. The second kappa shape index (κ2) is 10.7. The van der Waals surface area contributed by atoms with Crippen molar-refractivity contribution in [2.45, 2.75) is 33.2 Å². The second-order valence-electron chi connectivity index (χ2n) is 7.83. The summed E-state index contributed by atoms with van der Waals surface area (Å²) in [4.78, 5) is 36.9. The van der Waals surface area contributed by atoms with Gasteiger partial charge in [0.05, 0.1) is 25.1 Å². The van der Waals surface area contributed by atoms with Gasteiger partial charge < -0.3 is 14.6 Å². The van der Waals surface area contributed by atoms with Crippen LogP contribution < -0.4 is 20.9 Å². The minimum atomic E-state index is -0.580. The molecular formula is C25H27FN4O4. The van der Waals surface area contributed by atoms with Gasteiger partial charge in [-0.2, -0.15) is 0 Å². The van der Waals surface area contributed by atoms with E-state index in [1.54, 1.807) is 56.5 Å². The summed E-state index contributed by atoms with van der Waals surface area (Å²) in [5.74, 6) is -0.948. The fourth-order valence-corrected chi connectivity index (χ4v) is 3.74. The lowest BCUT2D eigenvalue weighted by Gasteiger charge is -2.18. The molecule has 0 aliphatic rings. The Labute approximate surface area is 197 Å². The van der Waals surface area contributed by atoms with Crippen molar-refractivity contribution in [3.05, 3.63) is 82.9 Å². The number of methoxy groups -OCH3 is 1. The Morgan fingerprint density at radius 3 is 2.24 bits per heavy atom. The van der Waals surface area contributed by atoms with Crippen LogP contribution >= 0.6 is 0 Å². The van der Waals surface area contributed by atoms with Crippen molar-refractivity contribution in [1.29, 1.82) is 0 Å². The van der Waals surface area contributed by atoms with Crippen molar-refractivity contribution in [2.75, 3.05) is 7.11 Å². The van der Waals surface area contributed by atoms with Crippen LogP contribution in [0.25, 0.3) is 5.69 Å². The molecule has 3 N–H and O–H groups in total. The molecule has 0 saturated heterocycles. The van der Waals surface area contributed by atoms with Gasteiger partial charge in [-0.1, -0.05) is 12.1 Å². The number of amides is 3. The van der Waals surface area contributed by atoms with Crippen LogP contribution in [0, 0.1) is 19.7 Å². The first-order valence-corrected chi connectivity index (χ1v) is 10.6. The molecule has 0 fully saturated rings. The normalized spacial score (nSPS) is 11.4. The molecular weight excluding hydrogens is 439 g/mol. The molecule has 0 bridgehead atoms. The maximum atomic E-state index is 13.3. The summed E-state index contributed by atoms with van der Waals surface area (Å²) in [5.41, 5.74) is 8.07. The monoisotopic (exact) mass is 466 g/mol. The summed E-state index contributed by atoms with van der Waals surface area (Å²) in [6.07, 6.45) is -0.0825. The fraction of sp³-hybridized carbons (Fsp3) is 0.240. The Morgan fingerprint density at radius 1 is 1.00 bits per heavy atom. The van der Waals surface area contributed by atoms with Crippen molar-refractivity contribution in [3.63, 3.8) is 0 Å². The maximum Gasteiger partial charge on any atom is 0.271 e. The number of hydrazine groups is 1. The van der Waals surface area contributed by atoms with Gasteiger partial charge in [-0.25, -0.2) is 4.39 Å². The number of carbonyl (C=O) groups is 3. The van der Waals surface area contributed by atoms with E-state index in [1.807, 2.05) is 11.5 Å². The molecule has 0 aliphatic carbocycles. The molecule has 178 valence electrons. The van der Waals surface area contributed by atoms with Gasteiger partial charge in [-0.3, -0.25) is 25.2 Å². The highest BCUT2D eigenvalue weighted by atomic mass is 19.1. The van der Waals surface area contributed by atoms with E-state index in [9.17, 15) is 18.8 Å². The topological polar surface area (TPSA) is 101 Å². The van der Waals surface area contributed by atoms with Crippen molar-refractivity contribution in [2.24, 2.45) is 0 Å². The third kappa shape index (κ3) is 5.80. The highest BCUT2D eigenvalue weighted by molar-refractivity contribution is 5.97. The Kier molecular flexibility index (Phi) is 7.68. The summed E-state index contributed by atoms with van der Waals surface area (Å²) in [6.45, 7) is 4.97. The number of aryl methyl sites for hydroxylation is 1. The van der Waals surface area contributed by atoms with Gasteiger partial charge in [0.15, 0.2) is 0 Å². The zero-order chi connectivity index (χ0) is 24.8. The summed E-state index contributed by atoms with van der Waals surface area (Å²) >= 11 is 0. The SMILES string of the molecule is COc1ccc([C@H](CC(=O)NNC(=O)c2cc(C)n(-c3ccc(F)cc3)c2C)NC(C)=O)cc1. The van der Waals surface area contributed by atoms with Crippen molar-refractivity contribution < 1.29 is 23.5 Å². The van der Waals surface area contributed by atoms with Crippen LogP contribution in [-0.2, 0) is 9.59 Å². The average Bonchev–Trinajstić information content (AvgIpc) is 3.11. The van der Waals surface area contributed by atoms with E-state index < -0.39 is 17.9 Å². The number of hydrogen-bond donors (Lipinski definition) is 3. The predicted octanol–water partition coefficient (Wildman–Crippen LogP) is 3.27. The molecule has 3 amide bonds. The van der Waals surface area contributed by atoms with Gasteiger partial charge in [-0.15, -0.1) is 0 Å². The van der Waals surface area contributed by atoms with Crippen LogP contribution in [0.5, 0.6) is 5.75 Å². The minimum Gasteiger partial charge on any atom is -0.497 e. The van der Waals surface area contributed by atoms with Crippen molar-refractivity contribution in [1.82, 2.24) is 20.7 Å². The van der Waals surface area contributed by atoms with Gasteiger partial charge in [0.1, 0.15) is 11.6 Å². The Hall–Kier alpha value is -4.14. The second-order valence-corrected chi connectivity index (χ2v) is 7.83. The van der Waals surface area contributed by atoms with E-state index >= 15 is 0 Å². The molecule has 3 aromatic rings. The molecule has 0 saturated carbocycles. The molecule has 1 aromatic heterocycles. The van der Waals surface area contributed by atoms with Crippen LogP contribution in [0.2, 0.25) is 0 Å². The highest BCUT2D eigenvalue weighted by Crippen LogP contribution is 2.22. The molecule has 1 heterocycles. The van der Waals surface area contributed by atoms with Crippen LogP contribution in [0.3, 0.4) is 0 Å². The first kappa shape index (κ1) is 24.5. The lowest BCUT2D eigenvalue weighted by molar-refractivity contribution is -0.123. The summed E-state index contributed by atoms with van der Waals surface area (Å²) in [5, 5.41) is 2.74. The third-order valence-electron chi connectivity index (χ3n) is 5.36. The number of carbonyl (C=O) groups excluding carboxylic acids is 3. The first-order valence-electron chi connectivity index (χ1n) is 10.6. The Balaban J connectivity index is 1.67. The lowest BCUT2D eigenvalue weighted by atomic mass is 10.0. The van der Waals surface area contributed by atoms with Gasteiger partial charge in [0, 0.05) is 24.0 Å². The van der Waals surface area contributed by atoms with Crippen LogP contribution in [-0.4, -0.2) is 29.4 Å². The van der Waals surface area contributed by atoms with Gasteiger partial charge in [-0.05, 0) is 61.9 Å². The largest absolute Gasteiger partial charge is 0.497 e. The fourth-order valence-electron chi connectivity index (χ4n) is 3.74. The number of nitrogens with one attached hydrogen (secondary N) is 3. The van der Waals surface area contributed by atoms with Crippen LogP contribution in [0.1, 0.15) is 46.7 Å². The number of benzene rings is 2. The van der Waals surface area contributed by atoms with Gasteiger partial charge in [0.25, 0.3) is 5.91 Å². The van der Waals surface area contributed by atoms with E-state index in [2.05, 4.69) is 16.2 Å². The molecule has 1 atom stereocenters. The number of halogens is 1. The van der Waals surface area contributed by atoms with Gasteiger partial charge >= 0.3 is 0 Å². The standard InChI is InChI=1S/C25H27FN4O4/c1-15-13-22(16(2)30(15)20-9-7-19(26)8-10-20)25(33)29-28-24(32)14-23(27-17(3)31)18-5-11-21(34-4)12-6-18/h5-13,23H,14H2,1-4H3,(H,27,31)(H,28,32)(H,29,33)/t23-/m0/s1. The van der Waals surface area contributed by atoms with E-state index in [-0.39, 0.29) is 18.1 Å². The molecule has 34 heavy (non-hydrogen) atoms. The average molecular weight is 467 g/mol. The molecule has 9 heteroatoms. The first-order chi connectivity index (χ1) is 16.2. The molecule has 8 nitrogen and oxygen atoms in total. The molecule has 0 radical (unpaired) electrons. The number of aromatic nitrogens is 1. The molecule has 2 aromatic carbocycles. The lowest BCUT2D eigenvalue weighted by Crippen LogP contribution is -2.43. The zero-order valence-electron chi connectivity index (χ0n) is 19.4. The van der Waals surface area contributed by atoms with Crippen molar-refractivity contribution >= 4 is 17.7 Å².